The number of nitrogens with two attached hydrogens (primary N) is 1. The van der Waals surface area contributed by atoms with E-state index in [-0.39, 0.29) is 0 Å². The molecule has 1 aromatic rings. The average molecular weight is 252 g/mol. The van der Waals surface area contributed by atoms with Gasteiger partial charge in [0.1, 0.15) is 10.7 Å². The predicted molar refractivity (Wildman–Crippen MR) is 75.7 cm³/mol. The lowest BCUT2D eigenvalue weighted by atomic mass is 10.1. The van der Waals surface area contributed by atoms with Crippen molar-refractivity contribution in [1.29, 1.82) is 0 Å². The first-order chi connectivity index (χ1) is 8.00. The van der Waals surface area contributed by atoms with Crippen LogP contribution >= 0.6 is 12.2 Å². The number of hydrogen-bond acceptors (Lipinski definition) is 3. The maximum atomic E-state index is 5.74. The molecule has 3 nitrogen and oxygen atoms in total. The molecule has 4 heteroatoms. The standard InChI is InChI=1S/C13H20N2OS/c1-10-5-6-11(13(14)17)9-12(10)16-8-4-7-15(2)3/h5-6,9H,4,7-8H2,1-3H3,(H2,14,17). The van der Waals surface area contributed by atoms with Crippen LogP contribution in [0.5, 0.6) is 5.75 Å². The van der Waals surface area contributed by atoms with Crippen molar-refractivity contribution in [1.82, 2.24) is 4.90 Å². The Morgan fingerprint density at radius 1 is 1.41 bits per heavy atom. The van der Waals surface area contributed by atoms with Gasteiger partial charge >= 0.3 is 0 Å². The minimum absolute atomic E-state index is 0.406. The summed E-state index contributed by atoms with van der Waals surface area (Å²) in [6, 6.07) is 5.81. The second-order valence-electron chi connectivity index (χ2n) is 4.35. The van der Waals surface area contributed by atoms with E-state index in [1.165, 1.54) is 0 Å². The van der Waals surface area contributed by atoms with E-state index >= 15 is 0 Å². The Hall–Kier alpha value is -1.13. The summed E-state index contributed by atoms with van der Waals surface area (Å²) in [5, 5.41) is 0. The van der Waals surface area contributed by atoms with E-state index in [0.717, 1.165) is 29.8 Å². The molecule has 0 bridgehead atoms. The highest BCUT2D eigenvalue weighted by atomic mass is 32.1. The second kappa shape index (κ2) is 6.57. The van der Waals surface area contributed by atoms with Crippen LogP contribution < -0.4 is 10.5 Å². The van der Waals surface area contributed by atoms with Crippen molar-refractivity contribution < 1.29 is 4.74 Å². The van der Waals surface area contributed by atoms with Crippen LogP contribution in [0, 0.1) is 6.92 Å². The number of thiocarbonyl (C=S) groups is 1. The van der Waals surface area contributed by atoms with E-state index in [2.05, 4.69) is 19.0 Å². The van der Waals surface area contributed by atoms with Crippen LogP contribution in [0.2, 0.25) is 0 Å². The zero-order valence-corrected chi connectivity index (χ0v) is 11.5. The Morgan fingerprint density at radius 2 is 2.12 bits per heavy atom. The van der Waals surface area contributed by atoms with Crippen LogP contribution in [0.3, 0.4) is 0 Å². The fraction of sp³-hybridized carbons (Fsp3) is 0.462. The maximum Gasteiger partial charge on any atom is 0.122 e. The molecular weight excluding hydrogens is 232 g/mol. The van der Waals surface area contributed by atoms with Crippen molar-refractivity contribution >= 4 is 17.2 Å². The van der Waals surface area contributed by atoms with E-state index < -0.39 is 0 Å². The van der Waals surface area contributed by atoms with Crippen LogP contribution in [-0.2, 0) is 0 Å². The Kier molecular flexibility index (Phi) is 5.38. The van der Waals surface area contributed by atoms with Crippen molar-refractivity contribution in [2.75, 3.05) is 27.2 Å². The average Bonchev–Trinajstić information content (AvgIpc) is 2.25. The maximum absolute atomic E-state index is 5.74. The molecular formula is C13H20N2OS. The molecule has 0 atom stereocenters. The van der Waals surface area contributed by atoms with Gasteiger partial charge in [-0.15, -0.1) is 0 Å². The van der Waals surface area contributed by atoms with E-state index in [0.29, 0.717) is 11.6 Å². The quantitative estimate of drug-likeness (QED) is 0.620. The van der Waals surface area contributed by atoms with Gasteiger partial charge in [-0.3, -0.25) is 0 Å². The largest absolute Gasteiger partial charge is 0.493 e. The highest BCUT2D eigenvalue weighted by molar-refractivity contribution is 7.80. The van der Waals surface area contributed by atoms with Gasteiger partial charge in [0.2, 0.25) is 0 Å². The number of benzene rings is 1. The Labute approximate surface area is 109 Å². The normalized spacial score (nSPS) is 10.6. The smallest absolute Gasteiger partial charge is 0.122 e. The molecule has 94 valence electrons. The third-order valence-corrected chi connectivity index (χ3v) is 2.72. The molecule has 0 radical (unpaired) electrons. The molecule has 1 aromatic carbocycles. The lowest BCUT2D eigenvalue weighted by molar-refractivity contribution is 0.280. The predicted octanol–water partition coefficient (Wildman–Crippen LogP) is 1.96. The second-order valence-corrected chi connectivity index (χ2v) is 4.79. The highest BCUT2D eigenvalue weighted by Crippen LogP contribution is 2.19. The molecule has 0 saturated heterocycles. The van der Waals surface area contributed by atoms with Crippen molar-refractivity contribution in [2.24, 2.45) is 5.73 Å². The van der Waals surface area contributed by atoms with Crippen LogP contribution in [0.4, 0.5) is 0 Å². The minimum Gasteiger partial charge on any atom is -0.493 e. The number of aryl methyl sites for hydroxylation is 1. The van der Waals surface area contributed by atoms with E-state index in [9.17, 15) is 0 Å². The van der Waals surface area contributed by atoms with E-state index in [1.807, 2.05) is 25.1 Å². The SMILES string of the molecule is Cc1ccc(C(N)=S)cc1OCCCN(C)C. The molecule has 0 fully saturated rings. The summed E-state index contributed by atoms with van der Waals surface area (Å²) in [5.74, 6) is 0.869. The summed E-state index contributed by atoms with van der Waals surface area (Å²) >= 11 is 4.95. The van der Waals surface area contributed by atoms with Crippen LogP contribution in [0.25, 0.3) is 0 Å². The Balaban J connectivity index is 2.57. The minimum atomic E-state index is 0.406. The third-order valence-electron chi connectivity index (χ3n) is 2.48. The third kappa shape index (κ3) is 4.71. The summed E-state index contributed by atoms with van der Waals surface area (Å²) in [7, 11) is 4.11. The molecule has 0 aliphatic carbocycles. The molecule has 0 unspecified atom stereocenters. The first-order valence-electron chi connectivity index (χ1n) is 5.68. The number of ether oxygens (including phenoxy) is 1. The summed E-state index contributed by atoms with van der Waals surface area (Å²) in [5.41, 5.74) is 7.56. The molecule has 17 heavy (non-hydrogen) atoms. The zero-order chi connectivity index (χ0) is 12.8. The highest BCUT2D eigenvalue weighted by Gasteiger charge is 2.03. The van der Waals surface area contributed by atoms with Gasteiger partial charge in [0.25, 0.3) is 0 Å². The lowest BCUT2D eigenvalue weighted by Crippen LogP contribution is -2.16. The summed E-state index contributed by atoms with van der Waals surface area (Å²) in [6.45, 7) is 3.75. The zero-order valence-electron chi connectivity index (χ0n) is 10.7. The number of rotatable bonds is 6. The number of hydrogen-bond donors (Lipinski definition) is 1. The first kappa shape index (κ1) is 13.9. The molecule has 0 spiro atoms. The molecule has 0 amide bonds. The summed E-state index contributed by atoms with van der Waals surface area (Å²) < 4.78 is 5.74. The van der Waals surface area contributed by atoms with Gasteiger partial charge in [0.05, 0.1) is 6.61 Å². The molecule has 1 rings (SSSR count). The summed E-state index contributed by atoms with van der Waals surface area (Å²) in [4.78, 5) is 2.55. The van der Waals surface area contributed by atoms with Gasteiger partial charge in [-0.1, -0.05) is 24.4 Å². The molecule has 0 aliphatic rings. The Bertz CT molecular complexity index is 391. The molecule has 0 saturated carbocycles. The van der Waals surface area contributed by atoms with Crippen molar-refractivity contribution in [3.8, 4) is 5.75 Å². The molecule has 0 aliphatic heterocycles. The van der Waals surface area contributed by atoms with Gasteiger partial charge < -0.3 is 15.4 Å². The molecule has 0 heterocycles. The van der Waals surface area contributed by atoms with Crippen molar-refractivity contribution in [3.05, 3.63) is 29.3 Å². The van der Waals surface area contributed by atoms with E-state index in [4.69, 9.17) is 22.7 Å². The van der Waals surface area contributed by atoms with Crippen LogP contribution in [-0.4, -0.2) is 37.1 Å². The fourth-order valence-electron chi connectivity index (χ4n) is 1.47. The summed E-state index contributed by atoms with van der Waals surface area (Å²) in [6.07, 6.45) is 1.00. The number of nitrogens with zero attached hydrogens (tertiary/aromatic N) is 1. The van der Waals surface area contributed by atoms with Gasteiger partial charge in [0, 0.05) is 12.1 Å². The fourth-order valence-corrected chi connectivity index (χ4v) is 1.60. The molecule has 2 N–H and O–H groups in total. The van der Waals surface area contributed by atoms with Crippen molar-refractivity contribution in [3.63, 3.8) is 0 Å². The van der Waals surface area contributed by atoms with E-state index in [1.54, 1.807) is 0 Å². The van der Waals surface area contributed by atoms with Gasteiger partial charge in [-0.05, 0) is 39.1 Å². The molecule has 0 aromatic heterocycles. The topological polar surface area (TPSA) is 38.5 Å². The van der Waals surface area contributed by atoms with Gasteiger partial charge in [-0.25, -0.2) is 0 Å². The van der Waals surface area contributed by atoms with Crippen molar-refractivity contribution in [2.45, 2.75) is 13.3 Å². The van der Waals surface area contributed by atoms with Crippen LogP contribution in [0.15, 0.2) is 18.2 Å². The lowest BCUT2D eigenvalue weighted by Gasteiger charge is -2.12. The Morgan fingerprint density at radius 3 is 2.71 bits per heavy atom. The van der Waals surface area contributed by atoms with Crippen LogP contribution in [0.1, 0.15) is 17.5 Å². The van der Waals surface area contributed by atoms with Gasteiger partial charge in [-0.2, -0.15) is 0 Å². The van der Waals surface area contributed by atoms with Gasteiger partial charge in [0.15, 0.2) is 0 Å². The monoisotopic (exact) mass is 252 g/mol. The first-order valence-corrected chi connectivity index (χ1v) is 6.09.